The molecule has 94 valence electrons. The van der Waals surface area contributed by atoms with Crippen molar-refractivity contribution in [2.75, 3.05) is 13.6 Å². The van der Waals surface area contributed by atoms with Crippen LogP contribution in [0.4, 0.5) is 5.00 Å². The highest BCUT2D eigenvalue weighted by Gasteiger charge is 2.18. The first-order valence-corrected chi connectivity index (χ1v) is 5.91. The summed E-state index contributed by atoms with van der Waals surface area (Å²) in [5.74, 6) is -0.260. The molecule has 7 heteroatoms. The summed E-state index contributed by atoms with van der Waals surface area (Å²) in [6, 6.07) is 2.77. The van der Waals surface area contributed by atoms with Crippen LogP contribution in [0, 0.1) is 10.1 Å². The minimum Gasteiger partial charge on any atom is -0.393 e. The lowest BCUT2D eigenvalue weighted by Crippen LogP contribution is -2.28. The van der Waals surface area contributed by atoms with Crippen molar-refractivity contribution in [2.45, 2.75) is 19.4 Å². The van der Waals surface area contributed by atoms with Crippen LogP contribution in [0.1, 0.15) is 23.0 Å². The van der Waals surface area contributed by atoms with Crippen molar-refractivity contribution in [3.63, 3.8) is 0 Å². The van der Waals surface area contributed by atoms with Crippen molar-refractivity contribution >= 4 is 22.2 Å². The van der Waals surface area contributed by atoms with Crippen molar-refractivity contribution in [3.05, 3.63) is 27.1 Å². The molecule has 6 nitrogen and oxygen atoms in total. The van der Waals surface area contributed by atoms with Crippen molar-refractivity contribution in [2.24, 2.45) is 0 Å². The molecule has 1 aromatic rings. The monoisotopic (exact) mass is 258 g/mol. The normalized spacial score (nSPS) is 12.2. The van der Waals surface area contributed by atoms with Gasteiger partial charge in [-0.2, -0.15) is 0 Å². The second-order valence-corrected chi connectivity index (χ2v) is 4.82. The van der Waals surface area contributed by atoms with E-state index < -0.39 is 11.0 Å². The van der Waals surface area contributed by atoms with E-state index in [-0.39, 0.29) is 10.9 Å². The Bertz CT molecular complexity index is 416. The Morgan fingerprint density at radius 1 is 1.65 bits per heavy atom. The summed E-state index contributed by atoms with van der Waals surface area (Å²) >= 11 is 0.859. The number of hydrogen-bond donors (Lipinski definition) is 1. The molecule has 0 bridgehead atoms. The van der Waals surface area contributed by atoms with Crippen LogP contribution in [0.15, 0.2) is 12.1 Å². The zero-order chi connectivity index (χ0) is 13.0. The number of nitro groups is 1. The largest absolute Gasteiger partial charge is 0.393 e. The van der Waals surface area contributed by atoms with Crippen LogP contribution < -0.4 is 0 Å². The fourth-order valence-corrected chi connectivity index (χ4v) is 2.03. The van der Waals surface area contributed by atoms with Crippen LogP contribution in [-0.2, 0) is 0 Å². The smallest absolute Gasteiger partial charge is 0.324 e. The van der Waals surface area contributed by atoms with Gasteiger partial charge in [-0.3, -0.25) is 14.9 Å². The predicted octanol–water partition coefficient (Wildman–Crippen LogP) is 1.50. The third-order valence-corrected chi connectivity index (χ3v) is 3.24. The molecule has 0 spiro atoms. The number of aliphatic hydroxyl groups is 1. The summed E-state index contributed by atoms with van der Waals surface area (Å²) in [6.07, 6.45) is 0.0123. The van der Waals surface area contributed by atoms with E-state index >= 15 is 0 Å². The van der Waals surface area contributed by atoms with Crippen LogP contribution >= 0.6 is 11.3 Å². The third kappa shape index (κ3) is 3.79. The van der Waals surface area contributed by atoms with Crippen LogP contribution in [0.25, 0.3) is 0 Å². The lowest BCUT2D eigenvalue weighted by Gasteiger charge is -2.16. The Morgan fingerprint density at radius 2 is 2.29 bits per heavy atom. The molecule has 1 atom stereocenters. The number of aliphatic hydroxyl groups excluding tert-OH is 1. The summed E-state index contributed by atoms with van der Waals surface area (Å²) in [4.78, 5) is 23.6. The molecule has 1 heterocycles. The topological polar surface area (TPSA) is 83.7 Å². The standard InChI is InChI=1S/C10H14N2O4S/c1-7(13)5-6-11(2)10(14)8-3-4-9(17-8)12(15)16/h3-4,7,13H,5-6H2,1-2H3. The average molecular weight is 258 g/mol. The maximum Gasteiger partial charge on any atom is 0.324 e. The number of hydrogen-bond acceptors (Lipinski definition) is 5. The van der Waals surface area contributed by atoms with Crippen molar-refractivity contribution in [3.8, 4) is 0 Å². The molecule has 1 aromatic heterocycles. The molecule has 1 rings (SSSR count). The summed E-state index contributed by atoms with van der Waals surface area (Å²) in [7, 11) is 1.61. The van der Waals surface area contributed by atoms with Gasteiger partial charge in [-0.15, -0.1) is 0 Å². The maximum absolute atomic E-state index is 11.8. The maximum atomic E-state index is 11.8. The molecule has 0 aromatic carbocycles. The van der Waals surface area contributed by atoms with E-state index in [0.29, 0.717) is 17.8 Å². The number of nitrogens with zero attached hydrogens (tertiary/aromatic N) is 2. The van der Waals surface area contributed by atoms with Gasteiger partial charge < -0.3 is 10.0 Å². The number of carbonyl (C=O) groups is 1. The van der Waals surface area contributed by atoms with Crippen LogP contribution in [-0.4, -0.2) is 40.5 Å². The van der Waals surface area contributed by atoms with Crippen molar-refractivity contribution < 1.29 is 14.8 Å². The van der Waals surface area contributed by atoms with Crippen molar-refractivity contribution in [1.29, 1.82) is 0 Å². The lowest BCUT2D eigenvalue weighted by atomic mass is 10.2. The zero-order valence-electron chi connectivity index (χ0n) is 9.62. The summed E-state index contributed by atoms with van der Waals surface area (Å²) in [5.41, 5.74) is 0. The molecule has 0 fully saturated rings. The molecule has 0 aliphatic heterocycles. The van der Waals surface area contributed by atoms with Crippen LogP contribution in [0.3, 0.4) is 0 Å². The quantitative estimate of drug-likeness (QED) is 0.640. The van der Waals surface area contributed by atoms with Crippen LogP contribution in [0.5, 0.6) is 0 Å². The average Bonchev–Trinajstić information content (AvgIpc) is 2.73. The minimum absolute atomic E-state index is 0.0442. The van der Waals surface area contributed by atoms with Gasteiger partial charge >= 0.3 is 5.00 Å². The van der Waals surface area contributed by atoms with Gasteiger partial charge in [0.1, 0.15) is 0 Å². The highest BCUT2D eigenvalue weighted by Crippen LogP contribution is 2.24. The summed E-state index contributed by atoms with van der Waals surface area (Å²) in [6.45, 7) is 2.07. The Labute approximate surface area is 103 Å². The van der Waals surface area contributed by atoms with Gasteiger partial charge in [-0.05, 0) is 19.4 Å². The molecule has 1 unspecified atom stereocenters. The number of thiophene rings is 1. The molecule has 0 aliphatic carbocycles. The Hall–Kier alpha value is -1.47. The van der Waals surface area contributed by atoms with E-state index in [9.17, 15) is 14.9 Å². The molecule has 1 N–H and O–H groups in total. The first kappa shape index (κ1) is 13.6. The van der Waals surface area contributed by atoms with E-state index in [4.69, 9.17) is 5.11 Å². The van der Waals surface area contributed by atoms with E-state index in [1.54, 1.807) is 14.0 Å². The Morgan fingerprint density at radius 3 is 2.76 bits per heavy atom. The molecule has 17 heavy (non-hydrogen) atoms. The Balaban J connectivity index is 2.65. The number of amides is 1. The predicted molar refractivity (Wildman–Crippen MR) is 64.2 cm³/mol. The zero-order valence-corrected chi connectivity index (χ0v) is 10.4. The number of rotatable bonds is 5. The number of carbonyl (C=O) groups excluding carboxylic acids is 1. The molecule has 0 saturated heterocycles. The summed E-state index contributed by atoms with van der Waals surface area (Å²) in [5, 5.41) is 19.5. The molecular formula is C10H14N2O4S. The Kier molecular flexibility index (Phi) is 4.59. The van der Waals surface area contributed by atoms with Gasteiger partial charge in [-0.25, -0.2) is 0 Å². The fourth-order valence-electron chi connectivity index (χ4n) is 1.21. The van der Waals surface area contributed by atoms with Gasteiger partial charge in [0.25, 0.3) is 5.91 Å². The van der Waals surface area contributed by atoms with Gasteiger partial charge in [-0.1, -0.05) is 11.3 Å². The van der Waals surface area contributed by atoms with E-state index in [1.807, 2.05) is 0 Å². The first-order valence-electron chi connectivity index (χ1n) is 5.09. The first-order chi connectivity index (χ1) is 7.91. The highest BCUT2D eigenvalue weighted by molar-refractivity contribution is 7.17. The molecule has 0 saturated carbocycles. The molecule has 0 radical (unpaired) electrons. The SMILES string of the molecule is CC(O)CCN(C)C(=O)c1ccc([N+](=O)[O-])s1. The van der Waals surface area contributed by atoms with E-state index in [1.165, 1.54) is 17.0 Å². The second-order valence-electron chi connectivity index (χ2n) is 3.76. The lowest BCUT2D eigenvalue weighted by molar-refractivity contribution is -0.380. The van der Waals surface area contributed by atoms with Gasteiger partial charge in [0.2, 0.25) is 0 Å². The summed E-state index contributed by atoms with van der Waals surface area (Å²) < 4.78 is 0. The van der Waals surface area contributed by atoms with Gasteiger partial charge in [0, 0.05) is 19.7 Å². The molecule has 0 aliphatic rings. The highest BCUT2D eigenvalue weighted by atomic mass is 32.1. The van der Waals surface area contributed by atoms with Crippen molar-refractivity contribution in [1.82, 2.24) is 4.90 Å². The molecule has 1 amide bonds. The second kappa shape index (κ2) is 5.74. The van der Waals surface area contributed by atoms with E-state index in [2.05, 4.69) is 0 Å². The fraction of sp³-hybridized carbons (Fsp3) is 0.500. The minimum atomic E-state index is -0.517. The molecular weight excluding hydrogens is 244 g/mol. The van der Waals surface area contributed by atoms with Gasteiger partial charge in [0.15, 0.2) is 0 Å². The van der Waals surface area contributed by atoms with E-state index in [0.717, 1.165) is 11.3 Å². The van der Waals surface area contributed by atoms with Gasteiger partial charge in [0.05, 0.1) is 15.9 Å². The third-order valence-electron chi connectivity index (χ3n) is 2.21. The van der Waals surface area contributed by atoms with Crippen LogP contribution in [0.2, 0.25) is 0 Å².